The van der Waals surface area contributed by atoms with Crippen molar-refractivity contribution >= 4 is 23.8 Å². The summed E-state index contributed by atoms with van der Waals surface area (Å²) in [4.78, 5) is 52.3. The van der Waals surface area contributed by atoms with Crippen LogP contribution in [-0.2, 0) is 20.8 Å². The molecule has 3 unspecified atom stereocenters. The molecule has 5 N–H and O–H groups in total. The van der Waals surface area contributed by atoms with Gasteiger partial charge in [-0.3, -0.25) is 19.1 Å². The van der Waals surface area contributed by atoms with Crippen LogP contribution in [-0.4, -0.2) is 68.3 Å². The first kappa shape index (κ1) is 25.0. The van der Waals surface area contributed by atoms with Crippen molar-refractivity contribution in [2.75, 3.05) is 6.54 Å². The number of carbonyl (C=O) groups excluding carboxylic acids is 3. The first-order valence-electron chi connectivity index (χ1n) is 12.2. The molecule has 1 saturated carbocycles. The Morgan fingerprint density at radius 1 is 1.26 bits per heavy atom. The van der Waals surface area contributed by atoms with Crippen LogP contribution in [0, 0.1) is 22.7 Å². The topological polar surface area (TPSA) is 160 Å². The number of nitrogens with two attached hydrogens (primary N) is 1. The summed E-state index contributed by atoms with van der Waals surface area (Å²) < 4.78 is 1.87. The van der Waals surface area contributed by atoms with Gasteiger partial charge in [0.25, 0.3) is 0 Å². The largest absolute Gasteiger partial charge is 0.465 e. The number of rotatable bonds is 7. The van der Waals surface area contributed by atoms with Gasteiger partial charge >= 0.3 is 6.09 Å². The number of aryl methyl sites for hydroxylation is 1. The van der Waals surface area contributed by atoms with Crippen molar-refractivity contribution in [1.29, 1.82) is 0 Å². The Morgan fingerprint density at radius 3 is 2.54 bits per heavy atom. The summed E-state index contributed by atoms with van der Waals surface area (Å²) in [6.45, 7) is 9.80. The molecule has 0 bridgehead atoms. The fraction of sp³-hybridized carbons (Fsp3) is 0.708. The molecule has 1 aliphatic carbocycles. The van der Waals surface area contributed by atoms with Crippen molar-refractivity contribution < 1.29 is 24.3 Å². The minimum absolute atomic E-state index is 0.0470. The third-order valence-electron chi connectivity index (χ3n) is 8.14. The maximum atomic E-state index is 13.6. The minimum Gasteiger partial charge on any atom is -0.465 e. The van der Waals surface area contributed by atoms with E-state index in [9.17, 15) is 24.3 Å². The van der Waals surface area contributed by atoms with Crippen molar-refractivity contribution in [1.82, 2.24) is 25.3 Å². The van der Waals surface area contributed by atoms with E-state index < -0.39 is 47.4 Å². The van der Waals surface area contributed by atoms with Crippen molar-refractivity contribution in [3.8, 4) is 0 Å². The molecule has 1 saturated heterocycles. The van der Waals surface area contributed by atoms with Gasteiger partial charge in [0, 0.05) is 18.4 Å². The highest BCUT2D eigenvalue weighted by Gasteiger charge is 2.69. The van der Waals surface area contributed by atoms with Crippen molar-refractivity contribution in [2.45, 2.75) is 78.0 Å². The molecule has 3 heterocycles. The van der Waals surface area contributed by atoms with Crippen molar-refractivity contribution in [2.24, 2.45) is 28.4 Å². The first-order valence-corrected chi connectivity index (χ1v) is 12.2. The van der Waals surface area contributed by atoms with Gasteiger partial charge in [-0.25, -0.2) is 4.79 Å². The van der Waals surface area contributed by atoms with E-state index in [1.165, 1.54) is 4.90 Å². The van der Waals surface area contributed by atoms with Crippen LogP contribution in [0.25, 0.3) is 0 Å². The second-order valence-corrected chi connectivity index (χ2v) is 11.8. The van der Waals surface area contributed by atoms with E-state index in [0.717, 1.165) is 18.5 Å². The van der Waals surface area contributed by atoms with Gasteiger partial charge in [0.2, 0.25) is 17.7 Å². The lowest BCUT2D eigenvalue weighted by Crippen LogP contribution is -2.60. The third kappa shape index (κ3) is 4.48. The Balaban J connectivity index is 1.54. The predicted octanol–water partition coefficient (Wildman–Crippen LogP) is 0.896. The van der Waals surface area contributed by atoms with Crippen LogP contribution >= 0.6 is 0 Å². The Morgan fingerprint density at radius 2 is 1.94 bits per heavy atom. The van der Waals surface area contributed by atoms with Gasteiger partial charge in [0.1, 0.15) is 18.1 Å². The van der Waals surface area contributed by atoms with E-state index >= 15 is 0 Å². The summed E-state index contributed by atoms with van der Waals surface area (Å²) in [6.07, 6.45) is 2.39. The molecule has 2 fully saturated rings. The zero-order chi connectivity index (χ0) is 25.9. The first-order chi connectivity index (χ1) is 16.2. The lowest BCUT2D eigenvalue weighted by molar-refractivity contribution is -0.144. The summed E-state index contributed by atoms with van der Waals surface area (Å²) in [6, 6.07) is -0.829. The number of piperidine rings is 1. The standard InChI is InChI=1S/C24H36N6O5/c1-23(2,3)18(28-22(34)35)21(33)29-11-14-16(24(14,4)5)17(29)20(32)27-15(19(25)31)10-13-7-6-12-8-9-26-30(12)13/h8-9,13-18,28H,6-7,10-11H2,1-5H3,(H2,25,31)(H,27,32)(H,34,35)/t13?,14-,15?,16-,17-,18?/m0/s1. The molecule has 4 rings (SSSR count). The Kier molecular flexibility index (Phi) is 6.09. The summed E-state index contributed by atoms with van der Waals surface area (Å²) in [7, 11) is 0. The number of hydrogen-bond acceptors (Lipinski definition) is 5. The van der Waals surface area contributed by atoms with Crippen LogP contribution in [0.15, 0.2) is 12.3 Å². The van der Waals surface area contributed by atoms with Crippen LogP contribution in [0.2, 0.25) is 0 Å². The number of carboxylic acid groups (broad SMARTS) is 1. The minimum atomic E-state index is -1.30. The molecule has 11 nitrogen and oxygen atoms in total. The van der Waals surface area contributed by atoms with Crippen LogP contribution in [0.1, 0.15) is 59.2 Å². The number of primary amides is 1. The number of fused-ring (bicyclic) bond motifs is 2. The van der Waals surface area contributed by atoms with E-state index in [1.807, 2.05) is 10.7 Å². The fourth-order valence-electron chi connectivity index (χ4n) is 6.05. The highest BCUT2D eigenvalue weighted by atomic mass is 16.4. The molecule has 1 aromatic rings. The monoisotopic (exact) mass is 488 g/mol. The molecule has 0 aromatic carbocycles. The normalized spacial score (nSPS) is 28.0. The number of amides is 4. The van der Waals surface area contributed by atoms with Gasteiger partial charge < -0.3 is 26.4 Å². The van der Waals surface area contributed by atoms with Gasteiger partial charge in [-0.1, -0.05) is 34.6 Å². The molecule has 4 amide bonds. The van der Waals surface area contributed by atoms with Crippen LogP contribution in [0.4, 0.5) is 4.79 Å². The molecular formula is C24H36N6O5. The third-order valence-corrected chi connectivity index (χ3v) is 8.14. The zero-order valence-electron chi connectivity index (χ0n) is 20.9. The average Bonchev–Trinajstić information content (AvgIpc) is 3.24. The van der Waals surface area contributed by atoms with Gasteiger partial charge in [-0.15, -0.1) is 0 Å². The Hall–Kier alpha value is -3.11. The summed E-state index contributed by atoms with van der Waals surface area (Å²) >= 11 is 0. The van der Waals surface area contributed by atoms with Gasteiger partial charge in [-0.05, 0) is 48.0 Å². The molecular weight excluding hydrogens is 452 g/mol. The van der Waals surface area contributed by atoms with Crippen molar-refractivity contribution in [3.05, 3.63) is 18.0 Å². The molecule has 0 radical (unpaired) electrons. The number of nitrogens with zero attached hydrogens (tertiary/aromatic N) is 3. The van der Waals surface area contributed by atoms with Crippen molar-refractivity contribution in [3.63, 3.8) is 0 Å². The molecule has 2 aliphatic heterocycles. The smallest absolute Gasteiger partial charge is 0.405 e. The highest BCUT2D eigenvalue weighted by Crippen LogP contribution is 2.65. The van der Waals surface area contributed by atoms with Crippen LogP contribution in [0.3, 0.4) is 0 Å². The molecule has 0 spiro atoms. The van der Waals surface area contributed by atoms with E-state index in [0.29, 0.717) is 13.0 Å². The average molecular weight is 489 g/mol. The lowest BCUT2D eigenvalue weighted by atomic mass is 9.85. The molecule has 1 aromatic heterocycles. The van der Waals surface area contributed by atoms with E-state index in [1.54, 1.807) is 27.0 Å². The maximum absolute atomic E-state index is 13.6. The molecule has 3 aliphatic rings. The lowest BCUT2D eigenvalue weighted by Gasteiger charge is -2.37. The Bertz CT molecular complexity index is 1040. The zero-order valence-corrected chi connectivity index (χ0v) is 20.9. The van der Waals surface area contributed by atoms with E-state index in [-0.39, 0.29) is 23.3 Å². The van der Waals surface area contributed by atoms with E-state index in [4.69, 9.17) is 5.73 Å². The number of carbonyl (C=O) groups is 4. The molecule has 6 atom stereocenters. The highest BCUT2D eigenvalue weighted by molar-refractivity contribution is 5.95. The molecule has 11 heteroatoms. The summed E-state index contributed by atoms with van der Waals surface area (Å²) in [5, 5.41) is 18.8. The summed E-state index contributed by atoms with van der Waals surface area (Å²) in [5.74, 6) is -1.45. The SMILES string of the molecule is CC(C)(C)C(NC(=O)O)C(=O)N1C[C@H]2[C@@H]([C@H]1C(=O)NC(CC1CCc3ccnn31)C(N)=O)C2(C)C. The number of likely N-dealkylation sites (tertiary alicyclic amines) is 1. The van der Waals surface area contributed by atoms with Crippen LogP contribution in [0.5, 0.6) is 0 Å². The van der Waals surface area contributed by atoms with Gasteiger partial charge in [0.15, 0.2) is 0 Å². The second kappa shape index (κ2) is 8.53. The number of nitrogens with one attached hydrogen (secondary N) is 2. The maximum Gasteiger partial charge on any atom is 0.405 e. The van der Waals surface area contributed by atoms with Gasteiger partial charge in [-0.2, -0.15) is 5.10 Å². The fourth-order valence-corrected chi connectivity index (χ4v) is 6.05. The van der Waals surface area contributed by atoms with Gasteiger partial charge in [0.05, 0.1) is 6.04 Å². The second-order valence-electron chi connectivity index (χ2n) is 11.8. The molecule has 35 heavy (non-hydrogen) atoms. The quantitative estimate of drug-likeness (QED) is 0.446. The summed E-state index contributed by atoms with van der Waals surface area (Å²) in [5.41, 5.74) is 5.93. The van der Waals surface area contributed by atoms with E-state index in [2.05, 4.69) is 29.6 Å². The molecule has 192 valence electrons. The van der Waals surface area contributed by atoms with Crippen LogP contribution < -0.4 is 16.4 Å². The predicted molar refractivity (Wildman–Crippen MR) is 126 cm³/mol. The number of hydrogen-bond donors (Lipinski definition) is 4. The Labute approximate surface area is 204 Å². The number of aromatic nitrogens is 2.